The molecule has 0 aromatic heterocycles. The molecule has 2 aromatic rings. The molecule has 0 spiro atoms. The van der Waals surface area contributed by atoms with Gasteiger partial charge in [0.05, 0.1) is 42.5 Å². The lowest BCUT2D eigenvalue weighted by Crippen LogP contribution is -2.58. The molecule has 3 heterocycles. The highest BCUT2D eigenvalue weighted by Crippen LogP contribution is 2.42. The molecule has 11 nitrogen and oxygen atoms in total. The van der Waals surface area contributed by atoms with Crippen molar-refractivity contribution >= 4 is 39.1 Å². The zero-order chi connectivity index (χ0) is 34.8. The van der Waals surface area contributed by atoms with Gasteiger partial charge in [0.15, 0.2) is 9.92 Å². The van der Waals surface area contributed by atoms with Crippen molar-refractivity contribution in [3.63, 3.8) is 0 Å². The number of carbonyl (C=O) groups excluding carboxylic acids is 2. The number of nitrogens with one attached hydrogen (secondary N) is 1. The molecule has 0 radical (unpaired) electrons. The Morgan fingerprint density at radius 1 is 1.06 bits per heavy atom. The van der Waals surface area contributed by atoms with E-state index in [1.54, 1.807) is 46.3 Å². The second-order valence-corrected chi connectivity index (χ2v) is 16.1. The lowest BCUT2D eigenvalue weighted by Gasteiger charge is -2.43. The molecule has 4 aliphatic rings. The van der Waals surface area contributed by atoms with E-state index >= 15 is 0 Å². The van der Waals surface area contributed by atoms with Crippen LogP contribution in [-0.4, -0.2) is 85.9 Å². The molecule has 266 valence electrons. The van der Waals surface area contributed by atoms with Crippen LogP contribution in [0.4, 0.5) is 10.5 Å². The van der Waals surface area contributed by atoms with Crippen LogP contribution >= 0.6 is 11.6 Å². The molecule has 3 aliphatic heterocycles. The highest BCUT2D eigenvalue weighted by Gasteiger charge is 2.39. The molecule has 1 saturated heterocycles. The molecule has 1 N–H and O–H groups in total. The van der Waals surface area contributed by atoms with Crippen molar-refractivity contribution < 1.29 is 32.7 Å². The summed E-state index contributed by atoms with van der Waals surface area (Å²) in [6.07, 6.45) is 8.47. The number of rotatable bonds is 3. The smallest absolute Gasteiger partial charge is 0.330 e. The van der Waals surface area contributed by atoms with Gasteiger partial charge in [-0.15, -0.1) is 4.36 Å². The van der Waals surface area contributed by atoms with Crippen LogP contribution in [-0.2, 0) is 41.9 Å². The number of benzene rings is 2. The number of hydrogen-bond donors (Lipinski definition) is 1. The van der Waals surface area contributed by atoms with Gasteiger partial charge in [-0.05, 0) is 99.2 Å². The topological polar surface area (TPSA) is 119 Å². The first-order valence-corrected chi connectivity index (χ1v) is 18.9. The van der Waals surface area contributed by atoms with Gasteiger partial charge in [0.2, 0.25) is 0 Å². The van der Waals surface area contributed by atoms with Crippen molar-refractivity contribution in [1.29, 1.82) is 0 Å². The first-order valence-electron chi connectivity index (χ1n) is 17.0. The fraction of sp³-hybridized carbons (Fsp3) is 0.556. The summed E-state index contributed by atoms with van der Waals surface area (Å²) in [4.78, 5) is 31.1. The number of fused-ring (bicyclic) bond motifs is 3. The van der Waals surface area contributed by atoms with Crippen molar-refractivity contribution in [2.24, 2.45) is 16.2 Å². The fourth-order valence-corrected chi connectivity index (χ4v) is 8.63. The van der Waals surface area contributed by atoms with Crippen molar-refractivity contribution in [2.45, 2.75) is 75.3 Å². The summed E-state index contributed by atoms with van der Waals surface area (Å²) in [6, 6.07) is 10.5. The fourth-order valence-electron chi connectivity index (χ4n) is 6.83. The van der Waals surface area contributed by atoms with Crippen LogP contribution in [0, 0.1) is 11.8 Å². The van der Waals surface area contributed by atoms with Gasteiger partial charge in [-0.2, -0.15) is 0 Å². The summed E-state index contributed by atoms with van der Waals surface area (Å²) in [5.74, 6) is 0.499. The average Bonchev–Trinajstić information content (AvgIpc) is 3.06. The summed E-state index contributed by atoms with van der Waals surface area (Å²) in [7, 11) is -0.517. The van der Waals surface area contributed by atoms with Gasteiger partial charge in [-0.3, -0.25) is 4.79 Å². The van der Waals surface area contributed by atoms with E-state index in [0.717, 1.165) is 62.0 Å². The largest absolute Gasteiger partial charge is 0.487 e. The Bertz CT molecular complexity index is 1700. The van der Waals surface area contributed by atoms with Gasteiger partial charge in [-0.25, -0.2) is 13.7 Å². The molecule has 2 fully saturated rings. The van der Waals surface area contributed by atoms with Crippen molar-refractivity contribution in [2.75, 3.05) is 51.9 Å². The van der Waals surface area contributed by atoms with Gasteiger partial charge in [0.1, 0.15) is 18.0 Å². The van der Waals surface area contributed by atoms with E-state index in [-0.39, 0.29) is 23.7 Å². The van der Waals surface area contributed by atoms with Gasteiger partial charge < -0.3 is 28.7 Å². The Labute approximate surface area is 294 Å². The van der Waals surface area contributed by atoms with Crippen LogP contribution < -0.4 is 14.4 Å². The number of urea groups is 1. The minimum atomic E-state index is -3.83. The Morgan fingerprint density at radius 2 is 1.88 bits per heavy atom. The third-order valence-corrected chi connectivity index (χ3v) is 12.2. The molecular weight excluding hydrogens is 668 g/mol. The van der Waals surface area contributed by atoms with E-state index in [0.29, 0.717) is 42.3 Å². The molecule has 6 rings (SSSR count). The predicted molar refractivity (Wildman–Crippen MR) is 188 cm³/mol. The van der Waals surface area contributed by atoms with Crippen molar-refractivity contribution in [3.8, 4) is 5.75 Å². The van der Waals surface area contributed by atoms with Crippen LogP contribution in [0.5, 0.6) is 5.75 Å². The lowest BCUT2D eigenvalue weighted by atomic mass is 9.70. The lowest BCUT2D eigenvalue weighted by molar-refractivity contribution is -0.137. The average molecular weight is 715 g/mol. The van der Waals surface area contributed by atoms with E-state index in [4.69, 9.17) is 30.5 Å². The SMILES string of the molecule is COC1CN(C(=O)N[S@@]2(=O)=NC(=O)C(C)(C)OC/C=C/[C@H](OC)[C@@H]3CC[C@H]3CN3CCCCc4cc(Cl)ccc4COc4ccc2cc43)C1. The summed E-state index contributed by atoms with van der Waals surface area (Å²) >= 11 is 6.37. The maximum absolute atomic E-state index is 14.9. The number of ether oxygens (including phenoxy) is 4. The zero-order valence-corrected chi connectivity index (χ0v) is 30.3. The predicted octanol–water partition coefficient (Wildman–Crippen LogP) is 5.78. The standard InChI is InChI=1S/C36H47ClN4O7S/c1-36(2)34(42)38-49(44,39-35(43)41-21-28(22-41)45-3)29-13-15-33-31(19-29)40(20-25-11-14-30(25)32(46-4)9-7-17-48-36)16-6-5-8-24-18-27(37)12-10-26(24)23-47-33/h7,9-10,12-13,15,18-19,25,28,30,32H,5-6,8,11,14,16-17,20-23H2,1-4H3,(H,38,39,42,43,44)/b9-7+/t25-,30+,32-,49-/m0/s1. The normalized spacial score (nSPS) is 28.3. The maximum Gasteiger partial charge on any atom is 0.330 e. The first kappa shape index (κ1) is 35.7. The number of methoxy groups -OCH3 is 2. The van der Waals surface area contributed by atoms with E-state index < -0.39 is 27.5 Å². The molecule has 4 atom stereocenters. The molecule has 0 unspecified atom stereocenters. The number of hydrogen-bond acceptors (Lipinski definition) is 8. The minimum Gasteiger partial charge on any atom is -0.487 e. The summed E-state index contributed by atoms with van der Waals surface area (Å²) < 4.78 is 45.5. The maximum atomic E-state index is 14.9. The number of nitrogens with zero attached hydrogens (tertiary/aromatic N) is 3. The molecule has 2 aromatic carbocycles. The molecule has 1 saturated carbocycles. The van der Waals surface area contributed by atoms with Crippen molar-refractivity contribution in [1.82, 2.24) is 9.62 Å². The summed E-state index contributed by atoms with van der Waals surface area (Å²) in [6.45, 7) is 5.78. The van der Waals surface area contributed by atoms with Gasteiger partial charge in [0.25, 0.3) is 5.91 Å². The molecule has 13 heteroatoms. The van der Waals surface area contributed by atoms with Crippen molar-refractivity contribution in [3.05, 3.63) is 64.7 Å². The van der Waals surface area contributed by atoms with E-state index in [2.05, 4.69) is 14.0 Å². The second kappa shape index (κ2) is 15.0. The zero-order valence-electron chi connectivity index (χ0n) is 28.7. The number of carbonyl (C=O) groups is 2. The number of likely N-dealkylation sites (tertiary alicyclic amines) is 1. The van der Waals surface area contributed by atoms with Crippen LogP contribution in [0.15, 0.2) is 57.8 Å². The third-order valence-electron chi connectivity index (χ3n) is 10.2. The Kier molecular flexibility index (Phi) is 10.9. The third kappa shape index (κ3) is 7.93. The number of halogens is 1. The van der Waals surface area contributed by atoms with Crippen LogP contribution in [0.3, 0.4) is 0 Å². The summed E-state index contributed by atoms with van der Waals surface area (Å²) in [5, 5.41) is 0.696. The highest BCUT2D eigenvalue weighted by molar-refractivity contribution is 7.92. The van der Waals surface area contributed by atoms with E-state index in [1.165, 1.54) is 4.90 Å². The molecule has 3 amide bonds. The number of aryl methyl sites for hydroxylation is 1. The van der Waals surface area contributed by atoms with E-state index in [1.807, 2.05) is 30.4 Å². The number of amides is 3. The monoisotopic (exact) mass is 714 g/mol. The van der Waals surface area contributed by atoms with Crippen LogP contribution in [0.25, 0.3) is 0 Å². The number of anilines is 1. The van der Waals surface area contributed by atoms with Crippen LogP contribution in [0.1, 0.15) is 50.7 Å². The van der Waals surface area contributed by atoms with Gasteiger partial charge in [-0.1, -0.05) is 29.8 Å². The first-order chi connectivity index (χ1) is 23.5. The minimum absolute atomic E-state index is 0.0999. The Hall–Kier alpha value is -3.16. The Balaban J connectivity index is 1.45. The van der Waals surface area contributed by atoms with Crippen LogP contribution in [0.2, 0.25) is 5.02 Å². The second-order valence-electron chi connectivity index (χ2n) is 13.8. The van der Waals surface area contributed by atoms with Gasteiger partial charge >= 0.3 is 6.03 Å². The van der Waals surface area contributed by atoms with Gasteiger partial charge in [0, 0.05) is 32.3 Å². The quantitative estimate of drug-likeness (QED) is 0.398. The molecule has 49 heavy (non-hydrogen) atoms. The molecule has 1 aliphatic carbocycles. The molecule has 2 bridgehead atoms. The van der Waals surface area contributed by atoms with E-state index in [9.17, 15) is 13.8 Å². The highest BCUT2D eigenvalue weighted by atomic mass is 35.5. The molecular formula is C36H47ClN4O7S. The Morgan fingerprint density at radius 3 is 2.61 bits per heavy atom. The summed E-state index contributed by atoms with van der Waals surface area (Å²) in [5.41, 5.74) is 1.53.